The Bertz CT molecular complexity index is 494. The third-order valence-corrected chi connectivity index (χ3v) is 5.83. The highest BCUT2D eigenvalue weighted by Crippen LogP contribution is 2.38. The molecule has 2 aliphatic rings. The molecule has 20 heavy (non-hydrogen) atoms. The van der Waals surface area contributed by atoms with E-state index in [4.69, 9.17) is 10.5 Å². The van der Waals surface area contributed by atoms with Gasteiger partial charge in [-0.05, 0) is 43.2 Å². The number of hydrogen-bond acceptors (Lipinski definition) is 4. The summed E-state index contributed by atoms with van der Waals surface area (Å²) in [5, 5.41) is 2.13. The fourth-order valence-corrected chi connectivity index (χ4v) is 4.32. The summed E-state index contributed by atoms with van der Waals surface area (Å²) in [6.45, 7) is 4.67. The Morgan fingerprint density at radius 3 is 3.00 bits per heavy atom. The predicted molar refractivity (Wildman–Crippen MR) is 79.7 cm³/mol. The van der Waals surface area contributed by atoms with E-state index < -0.39 is 5.41 Å². The van der Waals surface area contributed by atoms with Crippen molar-refractivity contribution in [1.29, 1.82) is 0 Å². The zero-order valence-electron chi connectivity index (χ0n) is 11.9. The van der Waals surface area contributed by atoms with Crippen LogP contribution >= 0.6 is 11.3 Å². The van der Waals surface area contributed by atoms with Gasteiger partial charge in [0, 0.05) is 31.2 Å². The van der Waals surface area contributed by atoms with Crippen molar-refractivity contribution in [2.45, 2.75) is 32.2 Å². The maximum atomic E-state index is 13.0. The Labute approximate surface area is 123 Å². The van der Waals surface area contributed by atoms with Gasteiger partial charge in [0.05, 0.1) is 11.5 Å². The van der Waals surface area contributed by atoms with Crippen molar-refractivity contribution in [2.75, 3.05) is 26.3 Å². The molecular formula is C15H22N2O2S. The molecule has 110 valence electrons. The summed E-state index contributed by atoms with van der Waals surface area (Å²) in [5.74, 6) is 0.229. The minimum absolute atomic E-state index is 0.170. The third kappa shape index (κ3) is 2.18. The lowest BCUT2D eigenvalue weighted by Crippen LogP contribution is -2.52. The first-order valence-electron chi connectivity index (χ1n) is 7.33. The number of hydrogen-bond donors (Lipinski definition) is 1. The molecular weight excluding hydrogens is 272 g/mol. The smallest absolute Gasteiger partial charge is 0.230 e. The maximum absolute atomic E-state index is 13.0. The molecule has 2 aliphatic heterocycles. The van der Waals surface area contributed by atoms with Crippen LogP contribution in [0.4, 0.5) is 0 Å². The molecule has 1 atom stereocenters. The number of rotatable bonds is 2. The van der Waals surface area contributed by atoms with E-state index in [1.165, 1.54) is 10.4 Å². The van der Waals surface area contributed by atoms with E-state index in [0.29, 0.717) is 19.8 Å². The van der Waals surface area contributed by atoms with Gasteiger partial charge in [-0.1, -0.05) is 0 Å². The summed E-state index contributed by atoms with van der Waals surface area (Å²) in [5.41, 5.74) is 6.88. The van der Waals surface area contributed by atoms with Crippen molar-refractivity contribution < 1.29 is 9.53 Å². The van der Waals surface area contributed by atoms with Gasteiger partial charge in [-0.15, -0.1) is 11.3 Å². The lowest BCUT2D eigenvalue weighted by atomic mass is 9.78. The summed E-state index contributed by atoms with van der Waals surface area (Å²) in [7, 11) is 0. The Balaban J connectivity index is 1.84. The number of thiophene rings is 1. The molecule has 0 saturated carbocycles. The number of carbonyl (C=O) groups is 1. The zero-order valence-corrected chi connectivity index (χ0v) is 12.7. The molecule has 1 amide bonds. The molecule has 1 unspecified atom stereocenters. The van der Waals surface area contributed by atoms with E-state index in [9.17, 15) is 4.79 Å². The quantitative estimate of drug-likeness (QED) is 0.907. The Morgan fingerprint density at radius 1 is 1.55 bits per heavy atom. The summed E-state index contributed by atoms with van der Waals surface area (Å²) in [6.07, 6.45) is 2.48. The lowest BCUT2D eigenvalue weighted by molar-refractivity contribution is -0.150. The molecule has 0 spiro atoms. The van der Waals surface area contributed by atoms with Gasteiger partial charge in [0.2, 0.25) is 5.91 Å². The standard InChI is InChI=1S/C15H22N2O2S/c1-11-12-3-9-20-13(12)2-6-17(11)14(18)15(10-16)4-7-19-8-5-15/h3,9,11H,2,4-8,10,16H2,1H3. The molecule has 0 aliphatic carbocycles. The normalized spacial score (nSPS) is 25.3. The first-order chi connectivity index (χ1) is 9.68. The van der Waals surface area contributed by atoms with E-state index in [0.717, 1.165) is 25.8 Å². The topological polar surface area (TPSA) is 55.6 Å². The summed E-state index contributed by atoms with van der Waals surface area (Å²) in [6, 6.07) is 2.33. The van der Waals surface area contributed by atoms with Crippen molar-refractivity contribution >= 4 is 17.2 Å². The molecule has 1 aromatic heterocycles. The Morgan fingerprint density at radius 2 is 2.30 bits per heavy atom. The number of amides is 1. The minimum Gasteiger partial charge on any atom is -0.381 e. The van der Waals surface area contributed by atoms with Crippen molar-refractivity contribution in [1.82, 2.24) is 4.90 Å². The molecule has 0 radical (unpaired) electrons. The van der Waals surface area contributed by atoms with Crippen LogP contribution in [0.2, 0.25) is 0 Å². The van der Waals surface area contributed by atoms with E-state index in [1.807, 2.05) is 4.90 Å². The van der Waals surface area contributed by atoms with Gasteiger partial charge >= 0.3 is 0 Å². The molecule has 3 rings (SSSR count). The Kier molecular flexibility index (Phi) is 3.84. The molecule has 5 heteroatoms. The van der Waals surface area contributed by atoms with Crippen LogP contribution in [0, 0.1) is 5.41 Å². The molecule has 1 fully saturated rings. The van der Waals surface area contributed by atoms with Crippen molar-refractivity contribution in [3.63, 3.8) is 0 Å². The largest absolute Gasteiger partial charge is 0.381 e. The van der Waals surface area contributed by atoms with Gasteiger partial charge in [0.15, 0.2) is 0 Å². The highest BCUT2D eigenvalue weighted by Gasteiger charge is 2.43. The first kappa shape index (κ1) is 14.0. The molecule has 4 nitrogen and oxygen atoms in total. The van der Waals surface area contributed by atoms with Crippen molar-refractivity contribution in [3.8, 4) is 0 Å². The van der Waals surface area contributed by atoms with Crippen LogP contribution in [0.15, 0.2) is 11.4 Å². The Hall–Kier alpha value is -0.910. The van der Waals surface area contributed by atoms with Crippen LogP contribution in [0.25, 0.3) is 0 Å². The maximum Gasteiger partial charge on any atom is 0.230 e. The van der Waals surface area contributed by atoms with E-state index >= 15 is 0 Å². The number of nitrogens with two attached hydrogens (primary N) is 1. The van der Waals surface area contributed by atoms with Crippen LogP contribution in [0.1, 0.15) is 36.2 Å². The average molecular weight is 294 g/mol. The number of nitrogens with zero attached hydrogens (tertiary/aromatic N) is 1. The summed E-state index contributed by atoms with van der Waals surface area (Å²) < 4.78 is 5.41. The molecule has 2 N–H and O–H groups in total. The number of carbonyl (C=O) groups excluding carboxylic acids is 1. The SMILES string of the molecule is CC1c2ccsc2CCN1C(=O)C1(CN)CCOCC1. The van der Waals surface area contributed by atoms with Crippen LogP contribution < -0.4 is 5.73 Å². The average Bonchev–Trinajstić information content (AvgIpc) is 2.97. The van der Waals surface area contributed by atoms with Crippen LogP contribution in [0.5, 0.6) is 0 Å². The van der Waals surface area contributed by atoms with Gasteiger partial charge in [-0.2, -0.15) is 0 Å². The molecule has 0 aromatic carbocycles. The summed E-state index contributed by atoms with van der Waals surface area (Å²) >= 11 is 1.80. The molecule has 1 aromatic rings. The lowest BCUT2D eigenvalue weighted by Gasteiger charge is -2.42. The molecule has 1 saturated heterocycles. The van der Waals surface area contributed by atoms with E-state index in [1.54, 1.807) is 11.3 Å². The molecule has 3 heterocycles. The van der Waals surface area contributed by atoms with Crippen LogP contribution in [0.3, 0.4) is 0 Å². The second-order valence-electron chi connectivity index (χ2n) is 5.82. The third-order valence-electron chi connectivity index (χ3n) is 4.83. The zero-order chi connectivity index (χ0) is 14.2. The fourth-order valence-electron chi connectivity index (χ4n) is 3.36. The monoisotopic (exact) mass is 294 g/mol. The van der Waals surface area contributed by atoms with E-state index in [2.05, 4.69) is 18.4 Å². The fraction of sp³-hybridized carbons (Fsp3) is 0.667. The summed E-state index contributed by atoms with van der Waals surface area (Å²) in [4.78, 5) is 16.5. The van der Waals surface area contributed by atoms with E-state index in [-0.39, 0.29) is 11.9 Å². The first-order valence-corrected chi connectivity index (χ1v) is 8.21. The van der Waals surface area contributed by atoms with Gasteiger partial charge < -0.3 is 15.4 Å². The van der Waals surface area contributed by atoms with Gasteiger partial charge in [0.25, 0.3) is 0 Å². The minimum atomic E-state index is -0.403. The van der Waals surface area contributed by atoms with Crippen molar-refractivity contribution in [3.05, 3.63) is 21.9 Å². The highest BCUT2D eigenvalue weighted by molar-refractivity contribution is 7.10. The van der Waals surface area contributed by atoms with Crippen LogP contribution in [-0.4, -0.2) is 37.1 Å². The number of ether oxygens (including phenoxy) is 1. The number of fused-ring (bicyclic) bond motifs is 1. The second kappa shape index (κ2) is 5.47. The van der Waals surface area contributed by atoms with Gasteiger partial charge in [-0.25, -0.2) is 0 Å². The van der Waals surface area contributed by atoms with Gasteiger partial charge in [-0.3, -0.25) is 4.79 Å². The van der Waals surface area contributed by atoms with Crippen LogP contribution in [-0.2, 0) is 16.0 Å². The van der Waals surface area contributed by atoms with Crippen molar-refractivity contribution in [2.24, 2.45) is 11.1 Å². The predicted octanol–water partition coefficient (Wildman–Crippen LogP) is 1.95. The highest BCUT2D eigenvalue weighted by atomic mass is 32.1. The molecule has 0 bridgehead atoms. The van der Waals surface area contributed by atoms with Gasteiger partial charge in [0.1, 0.15) is 0 Å². The second-order valence-corrected chi connectivity index (χ2v) is 6.82.